The molecule has 0 bridgehead atoms. The van der Waals surface area contributed by atoms with E-state index in [0.717, 1.165) is 15.8 Å². The lowest BCUT2D eigenvalue weighted by atomic mass is 10.1. The number of halogens is 3. The van der Waals surface area contributed by atoms with Gasteiger partial charge in [-0.2, -0.15) is 13.2 Å². The summed E-state index contributed by atoms with van der Waals surface area (Å²) in [6, 6.07) is 8.54. The SMILES string of the molecule is CCn1c(SCC(=O)N(C)CC(=O)Nc2ccccc2C(F)(F)F)nnc1-c1cccs1. The number of thioether (sulfide) groups is 1. The lowest BCUT2D eigenvalue weighted by molar-refractivity contribution is -0.137. The summed E-state index contributed by atoms with van der Waals surface area (Å²) in [5.41, 5.74) is -1.30. The zero-order valence-corrected chi connectivity index (χ0v) is 18.9. The van der Waals surface area contributed by atoms with Crippen LogP contribution in [0.5, 0.6) is 0 Å². The Kier molecular flexibility index (Phi) is 7.56. The maximum Gasteiger partial charge on any atom is 0.418 e. The van der Waals surface area contributed by atoms with Gasteiger partial charge in [0.1, 0.15) is 0 Å². The molecule has 0 atom stereocenters. The molecule has 1 aromatic carbocycles. The summed E-state index contributed by atoms with van der Waals surface area (Å²) in [5, 5.41) is 13.1. The first-order valence-electron chi connectivity index (χ1n) is 9.50. The fraction of sp³-hybridized carbons (Fsp3) is 0.300. The molecule has 3 aromatic rings. The van der Waals surface area contributed by atoms with Crippen molar-refractivity contribution in [2.24, 2.45) is 0 Å². The topological polar surface area (TPSA) is 80.1 Å². The summed E-state index contributed by atoms with van der Waals surface area (Å²) in [5.74, 6) is -0.365. The van der Waals surface area contributed by atoms with Crippen molar-refractivity contribution < 1.29 is 22.8 Å². The van der Waals surface area contributed by atoms with E-state index in [2.05, 4.69) is 15.5 Å². The molecule has 170 valence electrons. The Bertz CT molecular complexity index is 1080. The zero-order chi connectivity index (χ0) is 23.3. The van der Waals surface area contributed by atoms with E-state index in [-0.39, 0.29) is 23.9 Å². The largest absolute Gasteiger partial charge is 0.418 e. The fourth-order valence-corrected chi connectivity index (χ4v) is 4.50. The smallest absolute Gasteiger partial charge is 0.336 e. The third kappa shape index (κ3) is 5.68. The minimum atomic E-state index is -4.60. The van der Waals surface area contributed by atoms with Gasteiger partial charge in [-0.05, 0) is 30.5 Å². The molecule has 0 radical (unpaired) electrons. The summed E-state index contributed by atoms with van der Waals surface area (Å²) in [6.07, 6.45) is -4.60. The highest BCUT2D eigenvalue weighted by Gasteiger charge is 2.33. The summed E-state index contributed by atoms with van der Waals surface area (Å²) >= 11 is 2.72. The van der Waals surface area contributed by atoms with Crippen molar-refractivity contribution in [3.05, 3.63) is 47.3 Å². The van der Waals surface area contributed by atoms with Crippen LogP contribution >= 0.6 is 23.1 Å². The molecule has 2 amide bonds. The molecule has 3 rings (SSSR count). The minimum absolute atomic E-state index is 0.00545. The van der Waals surface area contributed by atoms with Crippen molar-refractivity contribution in [1.82, 2.24) is 19.7 Å². The summed E-state index contributed by atoms with van der Waals surface area (Å²) in [4.78, 5) is 26.8. The number of hydrogen-bond donors (Lipinski definition) is 1. The van der Waals surface area contributed by atoms with Crippen molar-refractivity contribution >= 4 is 40.6 Å². The number of anilines is 1. The van der Waals surface area contributed by atoms with Crippen LogP contribution in [-0.4, -0.2) is 50.8 Å². The molecule has 0 saturated carbocycles. The number of rotatable bonds is 8. The van der Waals surface area contributed by atoms with Gasteiger partial charge in [0.25, 0.3) is 0 Å². The number of carbonyl (C=O) groups is 2. The second-order valence-corrected chi connectivity index (χ2v) is 8.55. The van der Waals surface area contributed by atoms with Crippen LogP contribution in [0, 0.1) is 0 Å². The summed E-state index contributed by atoms with van der Waals surface area (Å²) < 4.78 is 41.1. The highest BCUT2D eigenvalue weighted by Crippen LogP contribution is 2.34. The van der Waals surface area contributed by atoms with Crippen LogP contribution in [0.25, 0.3) is 10.7 Å². The Morgan fingerprint density at radius 3 is 2.59 bits per heavy atom. The van der Waals surface area contributed by atoms with E-state index in [1.165, 1.54) is 48.3 Å². The van der Waals surface area contributed by atoms with Crippen molar-refractivity contribution in [3.8, 4) is 10.7 Å². The summed E-state index contributed by atoms with van der Waals surface area (Å²) in [6.45, 7) is 2.18. The van der Waals surface area contributed by atoms with E-state index in [9.17, 15) is 22.8 Å². The number of alkyl halides is 3. The van der Waals surface area contributed by atoms with E-state index in [4.69, 9.17) is 0 Å². The Balaban J connectivity index is 1.58. The predicted octanol–water partition coefficient (Wildman–Crippen LogP) is 4.23. The molecule has 2 aromatic heterocycles. The first-order chi connectivity index (χ1) is 15.2. The molecular formula is C20H20F3N5O2S2. The van der Waals surface area contributed by atoms with Gasteiger partial charge in [0.15, 0.2) is 11.0 Å². The van der Waals surface area contributed by atoms with E-state index < -0.39 is 17.6 Å². The Morgan fingerprint density at radius 1 is 1.19 bits per heavy atom. The van der Waals surface area contributed by atoms with E-state index >= 15 is 0 Å². The molecule has 0 fully saturated rings. The maximum absolute atomic E-state index is 13.1. The molecule has 1 N–H and O–H groups in total. The second-order valence-electron chi connectivity index (χ2n) is 6.66. The van der Waals surface area contributed by atoms with Gasteiger partial charge in [0, 0.05) is 13.6 Å². The van der Waals surface area contributed by atoms with Crippen molar-refractivity contribution in [2.75, 3.05) is 24.7 Å². The number of hydrogen-bond acceptors (Lipinski definition) is 6. The van der Waals surface area contributed by atoms with Gasteiger partial charge in [-0.25, -0.2) is 0 Å². The molecule has 0 aliphatic heterocycles. The third-order valence-electron chi connectivity index (χ3n) is 4.41. The third-order valence-corrected chi connectivity index (χ3v) is 6.23. The number of nitrogens with one attached hydrogen (secondary N) is 1. The number of nitrogens with zero attached hydrogens (tertiary/aromatic N) is 4. The lowest BCUT2D eigenvalue weighted by Crippen LogP contribution is -2.36. The monoisotopic (exact) mass is 483 g/mol. The van der Waals surface area contributed by atoms with Gasteiger partial charge >= 0.3 is 6.18 Å². The summed E-state index contributed by atoms with van der Waals surface area (Å²) in [7, 11) is 1.42. The number of aromatic nitrogens is 3. The van der Waals surface area contributed by atoms with Crippen LogP contribution in [-0.2, 0) is 22.3 Å². The van der Waals surface area contributed by atoms with Crippen LogP contribution < -0.4 is 5.32 Å². The molecule has 2 heterocycles. The van der Waals surface area contributed by atoms with Crippen LogP contribution in [0.15, 0.2) is 46.9 Å². The average Bonchev–Trinajstić information content (AvgIpc) is 3.40. The van der Waals surface area contributed by atoms with Crippen LogP contribution in [0.3, 0.4) is 0 Å². The maximum atomic E-state index is 13.1. The minimum Gasteiger partial charge on any atom is -0.336 e. The highest BCUT2D eigenvalue weighted by atomic mass is 32.2. The van der Waals surface area contributed by atoms with Gasteiger partial charge in [-0.15, -0.1) is 21.5 Å². The van der Waals surface area contributed by atoms with Crippen molar-refractivity contribution in [2.45, 2.75) is 24.8 Å². The highest BCUT2D eigenvalue weighted by molar-refractivity contribution is 7.99. The normalized spacial score (nSPS) is 11.4. The number of para-hydroxylation sites is 1. The molecule has 0 aliphatic carbocycles. The van der Waals surface area contributed by atoms with E-state index in [1.54, 1.807) is 0 Å². The first-order valence-corrected chi connectivity index (χ1v) is 11.4. The quantitative estimate of drug-likeness (QED) is 0.485. The van der Waals surface area contributed by atoms with Crippen LogP contribution in [0.1, 0.15) is 12.5 Å². The fourth-order valence-electron chi connectivity index (χ4n) is 2.84. The lowest BCUT2D eigenvalue weighted by Gasteiger charge is -2.18. The molecule has 32 heavy (non-hydrogen) atoms. The van der Waals surface area contributed by atoms with Gasteiger partial charge in [0.2, 0.25) is 11.8 Å². The van der Waals surface area contributed by atoms with E-state index in [1.807, 2.05) is 29.0 Å². The molecular weight excluding hydrogens is 463 g/mol. The number of carbonyl (C=O) groups excluding carboxylic acids is 2. The molecule has 7 nitrogen and oxygen atoms in total. The van der Waals surface area contributed by atoms with Gasteiger partial charge in [-0.3, -0.25) is 9.59 Å². The molecule has 12 heteroatoms. The van der Waals surface area contributed by atoms with Gasteiger partial charge in [0.05, 0.1) is 28.4 Å². The zero-order valence-electron chi connectivity index (χ0n) is 17.2. The Hall–Kier alpha value is -2.86. The predicted molar refractivity (Wildman–Crippen MR) is 117 cm³/mol. The standard InChI is InChI=1S/C20H20F3N5O2S2/c1-3-28-18(15-9-6-10-31-15)25-26-19(28)32-12-17(30)27(2)11-16(29)24-14-8-5-4-7-13(14)20(21,22)23/h4-10H,3,11-12H2,1-2H3,(H,24,29). The van der Waals surface area contributed by atoms with Gasteiger partial charge in [-0.1, -0.05) is 30.0 Å². The van der Waals surface area contributed by atoms with Crippen LogP contribution in [0.2, 0.25) is 0 Å². The molecule has 0 unspecified atom stereocenters. The number of benzene rings is 1. The Labute approximate surface area is 190 Å². The van der Waals surface area contributed by atoms with Gasteiger partial charge < -0.3 is 14.8 Å². The molecule has 0 aliphatic rings. The van der Waals surface area contributed by atoms with E-state index in [0.29, 0.717) is 17.5 Å². The molecule has 0 spiro atoms. The van der Waals surface area contributed by atoms with Crippen LogP contribution in [0.4, 0.5) is 18.9 Å². The average molecular weight is 484 g/mol. The van der Waals surface area contributed by atoms with Crippen molar-refractivity contribution in [3.63, 3.8) is 0 Å². The second kappa shape index (κ2) is 10.2. The number of likely N-dealkylation sites (N-methyl/N-ethyl adjacent to an activating group) is 1. The number of thiophene rings is 1. The Morgan fingerprint density at radius 2 is 1.94 bits per heavy atom. The number of amides is 2. The molecule has 0 saturated heterocycles. The first kappa shape index (κ1) is 23.8. The van der Waals surface area contributed by atoms with Crippen molar-refractivity contribution in [1.29, 1.82) is 0 Å².